The van der Waals surface area contributed by atoms with Crippen molar-refractivity contribution >= 4 is 56.5 Å². The van der Waals surface area contributed by atoms with Crippen LogP contribution in [0.5, 0.6) is 0 Å². The molecule has 7 nitrogen and oxygen atoms in total. The van der Waals surface area contributed by atoms with Gasteiger partial charge < -0.3 is 0 Å². The molecule has 7 aromatic carbocycles. The van der Waals surface area contributed by atoms with Crippen LogP contribution >= 0.6 is 0 Å². The van der Waals surface area contributed by atoms with E-state index in [0.717, 1.165) is 55.7 Å². The lowest BCUT2D eigenvalue weighted by Gasteiger charge is -2.42. The number of hydrogen-bond acceptors (Lipinski definition) is 6. The van der Waals surface area contributed by atoms with Crippen molar-refractivity contribution in [2.24, 2.45) is 0 Å². The molecule has 0 bridgehead atoms. The van der Waals surface area contributed by atoms with Gasteiger partial charge in [-0.3, -0.25) is 14.4 Å². The number of para-hydroxylation sites is 6. The van der Waals surface area contributed by atoms with E-state index in [0.29, 0.717) is 23.4 Å². The average Bonchev–Trinajstić information content (AvgIpc) is 3.61. The predicted molar refractivity (Wildman–Crippen MR) is 238 cm³/mol. The molecule has 7 heteroatoms. The quantitative estimate of drug-likeness (QED) is 0.178. The number of nitrogens with zero attached hydrogens (tertiary/aromatic N) is 7. The second-order valence-corrected chi connectivity index (χ2v) is 16.5. The van der Waals surface area contributed by atoms with Crippen LogP contribution in [-0.4, -0.2) is 19.5 Å². The van der Waals surface area contributed by atoms with Gasteiger partial charge in [-0.1, -0.05) is 149 Å². The second kappa shape index (κ2) is 12.7. The van der Waals surface area contributed by atoms with E-state index in [4.69, 9.17) is 15.0 Å². The Hall–Kier alpha value is -7.56. The van der Waals surface area contributed by atoms with E-state index in [1.807, 2.05) is 24.3 Å². The summed E-state index contributed by atoms with van der Waals surface area (Å²) in [6.45, 7) is 9.16. The van der Waals surface area contributed by atoms with Crippen molar-refractivity contribution in [1.82, 2.24) is 19.5 Å². The smallest absolute Gasteiger partial charge is 0.241 e. The molecular weight excluding hydrogens is 723 g/mol. The lowest BCUT2D eigenvalue weighted by Crippen LogP contribution is -2.33. The summed E-state index contributed by atoms with van der Waals surface area (Å²) in [6.07, 6.45) is 0. The minimum absolute atomic E-state index is 0.262. The summed E-state index contributed by atoms with van der Waals surface area (Å²) in [5, 5.41) is 11.8. The van der Waals surface area contributed by atoms with Gasteiger partial charge in [0.25, 0.3) is 0 Å². The zero-order valence-electron chi connectivity index (χ0n) is 33.2. The highest BCUT2D eigenvalue weighted by atomic mass is 15.4. The average molecular weight is 762 g/mol. The fourth-order valence-electron chi connectivity index (χ4n) is 9.60. The lowest BCUT2D eigenvalue weighted by molar-refractivity contribution is 0.629. The molecular formula is C52H39N7. The fraction of sp³-hybridized carbons (Fsp3) is 0.115. The normalized spacial score (nSPS) is 14.6. The topological polar surface area (TPSA) is 73.9 Å². The third kappa shape index (κ3) is 5.03. The molecule has 0 radical (unpaired) electrons. The van der Waals surface area contributed by atoms with Crippen LogP contribution in [0.25, 0.3) is 38.9 Å². The molecule has 0 aliphatic carbocycles. The third-order valence-electron chi connectivity index (χ3n) is 12.5. The first-order chi connectivity index (χ1) is 28.8. The second-order valence-electron chi connectivity index (χ2n) is 16.5. The molecule has 4 heterocycles. The van der Waals surface area contributed by atoms with Gasteiger partial charge in [0, 0.05) is 27.2 Å². The molecule has 0 spiro atoms. The largest absolute Gasteiger partial charge is 0.278 e. The number of nitriles is 1. The number of fused-ring (bicyclic) bond motifs is 7. The maximum absolute atomic E-state index is 9.64. The van der Waals surface area contributed by atoms with Crippen LogP contribution in [0.2, 0.25) is 0 Å². The molecule has 11 rings (SSSR count). The van der Waals surface area contributed by atoms with Gasteiger partial charge >= 0.3 is 0 Å². The summed E-state index contributed by atoms with van der Waals surface area (Å²) in [5.74, 6) is 1.53. The van der Waals surface area contributed by atoms with E-state index in [-0.39, 0.29) is 10.8 Å². The molecule has 0 N–H and O–H groups in total. The Morgan fingerprint density at radius 1 is 0.441 bits per heavy atom. The van der Waals surface area contributed by atoms with Gasteiger partial charge in [-0.2, -0.15) is 20.2 Å². The minimum Gasteiger partial charge on any atom is -0.278 e. The van der Waals surface area contributed by atoms with E-state index in [9.17, 15) is 5.26 Å². The van der Waals surface area contributed by atoms with Crippen LogP contribution in [0.1, 0.15) is 55.5 Å². The van der Waals surface area contributed by atoms with Crippen molar-refractivity contribution in [3.8, 4) is 23.1 Å². The predicted octanol–water partition coefficient (Wildman–Crippen LogP) is 12.7. The molecule has 282 valence electrons. The summed E-state index contributed by atoms with van der Waals surface area (Å²) in [4.78, 5) is 21.0. The van der Waals surface area contributed by atoms with Gasteiger partial charge in [0.2, 0.25) is 17.8 Å². The molecule has 0 amide bonds. The van der Waals surface area contributed by atoms with Gasteiger partial charge in [0.1, 0.15) is 0 Å². The lowest BCUT2D eigenvalue weighted by atomic mass is 9.74. The van der Waals surface area contributed by atoms with Crippen LogP contribution < -0.4 is 9.80 Å². The zero-order valence-corrected chi connectivity index (χ0v) is 33.2. The highest BCUT2D eigenvalue weighted by Gasteiger charge is 2.40. The maximum Gasteiger partial charge on any atom is 0.241 e. The van der Waals surface area contributed by atoms with Gasteiger partial charge in [-0.15, -0.1) is 0 Å². The molecule has 0 atom stereocenters. The molecule has 0 saturated carbocycles. The molecule has 2 aliphatic heterocycles. The van der Waals surface area contributed by atoms with Crippen molar-refractivity contribution < 1.29 is 0 Å². The Kier molecular flexibility index (Phi) is 7.48. The number of aromatic nitrogens is 4. The molecule has 2 aromatic heterocycles. The Balaban J connectivity index is 1.27. The van der Waals surface area contributed by atoms with Crippen molar-refractivity contribution in [3.05, 3.63) is 192 Å². The van der Waals surface area contributed by atoms with Crippen LogP contribution in [0, 0.1) is 11.3 Å². The zero-order chi connectivity index (χ0) is 40.0. The van der Waals surface area contributed by atoms with E-state index >= 15 is 0 Å². The summed E-state index contributed by atoms with van der Waals surface area (Å²) in [5.41, 5.74) is 12.9. The molecule has 2 aliphatic rings. The highest BCUT2D eigenvalue weighted by Crippen LogP contribution is 2.54. The van der Waals surface area contributed by atoms with Gasteiger partial charge in [-0.25, -0.2) is 0 Å². The first-order valence-corrected chi connectivity index (χ1v) is 20.0. The van der Waals surface area contributed by atoms with E-state index < -0.39 is 0 Å². The van der Waals surface area contributed by atoms with Crippen molar-refractivity contribution in [2.45, 2.75) is 38.5 Å². The SMILES string of the molecule is CC1(C)c2ccccc2N(c2nc(N3c4ccccc4C(C)(C)c4ccccc43)nc(-n3c4ccccc4c4cccc(-c5ccc(C#N)cc5)c43)n2)c2ccccc21. The first kappa shape index (κ1) is 34.7. The summed E-state index contributed by atoms with van der Waals surface area (Å²) in [6, 6.07) is 59.3. The Morgan fingerprint density at radius 2 is 0.864 bits per heavy atom. The Bertz CT molecular complexity index is 2980. The monoisotopic (exact) mass is 761 g/mol. The van der Waals surface area contributed by atoms with Crippen molar-refractivity contribution in [3.63, 3.8) is 0 Å². The third-order valence-corrected chi connectivity index (χ3v) is 12.5. The molecule has 0 fully saturated rings. The van der Waals surface area contributed by atoms with Crippen molar-refractivity contribution in [2.75, 3.05) is 9.80 Å². The first-order valence-electron chi connectivity index (χ1n) is 20.0. The van der Waals surface area contributed by atoms with E-state index in [1.165, 1.54) is 22.3 Å². The molecule has 59 heavy (non-hydrogen) atoms. The standard InChI is InChI=1S/C52H39N7/c1-51(2)38-19-6-11-24-43(38)57(44-25-12-7-20-39(44)51)48-54-49(58-45-26-13-8-21-40(45)52(3,4)41-22-9-14-27-46(41)58)56-50(55-48)59-42-23-10-5-16-36(42)37-18-15-17-35(47(37)59)34-30-28-33(32-53)29-31-34/h5-31H,1-4H3. The Labute approximate surface area is 343 Å². The van der Waals surface area contributed by atoms with Crippen LogP contribution in [0.15, 0.2) is 164 Å². The maximum atomic E-state index is 9.64. The highest BCUT2D eigenvalue weighted by molar-refractivity contribution is 6.13. The number of anilines is 6. The van der Waals surface area contributed by atoms with Gasteiger partial charge in [0.05, 0.1) is 45.4 Å². The van der Waals surface area contributed by atoms with Gasteiger partial charge in [-0.05, 0) is 70.3 Å². The number of rotatable bonds is 4. The van der Waals surface area contributed by atoms with E-state index in [2.05, 4.69) is 188 Å². The van der Waals surface area contributed by atoms with Crippen LogP contribution in [0.4, 0.5) is 34.6 Å². The molecule has 0 unspecified atom stereocenters. The van der Waals surface area contributed by atoms with Crippen LogP contribution in [0.3, 0.4) is 0 Å². The molecule has 0 saturated heterocycles. The summed E-state index contributed by atoms with van der Waals surface area (Å²) >= 11 is 0. The fourth-order valence-corrected chi connectivity index (χ4v) is 9.60. The Morgan fingerprint density at radius 3 is 1.36 bits per heavy atom. The van der Waals surface area contributed by atoms with Gasteiger partial charge in [0.15, 0.2) is 0 Å². The number of benzene rings is 7. The van der Waals surface area contributed by atoms with E-state index in [1.54, 1.807) is 0 Å². The van der Waals surface area contributed by atoms with Crippen molar-refractivity contribution in [1.29, 1.82) is 5.26 Å². The number of hydrogen-bond donors (Lipinski definition) is 0. The summed E-state index contributed by atoms with van der Waals surface area (Å²) < 4.78 is 2.20. The van der Waals surface area contributed by atoms with Crippen LogP contribution in [-0.2, 0) is 10.8 Å². The minimum atomic E-state index is -0.262. The summed E-state index contributed by atoms with van der Waals surface area (Å²) in [7, 11) is 0. The molecule has 9 aromatic rings.